The van der Waals surface area contributed by atoms with Crippen molar-refractivity contribution in [2.24, 2.45) is 0 Å². The number of nitrogens with zero attached hydrogens (tertiary/aromatic N) is 1. The molecule has 3 heteroatoms. The Balaban J connectivity index is 2.21. The summed E-state index contributed by atoms with van der Waals surface area (Å²) in [7, 11) is 2.17. The van der Waals surface area contributed by atoms with Crippen LogP contribution in [0.3, 0.4) is 0 Å². The van der Waals surface area contributed by atoms with E-state index in [0.29, 0.717) is 0 Å². The summed E-state index contributed by atoms with van der Waals surface area (Å²) >= 11 is 0. The van der Waals surface area contributed by atoms with Crippen LogP contribution in [0.4, 0.5) is 0 Å². The van der Waals surface area contributed by atoms with Crippen molar-refractivity contribution in [1.29, 1.82) is 0 Å². The Hall–Kier alpha value is -0.860. The molecule has 0 atom stereocenters. The van der Waals surface area contributed by atoms with Gasteiger partial charge in [0.25, 0.3) is 0 Å². The van der Waals surface area contributed by atoms with Gasteiger partial charge in [-0.2, -0.15) is 0 Å². The van der Waals surface area contributed by atoms with Gasteiger partial charge in [-0.15, -0.1) is 0 Å². The van der Waals surface area contributed by atoms with Crippen LogP contribution in [0.15, 0.2) is 11.5 Å². The van der Waals surface area contributed by atoms with Crippen LogP contribution in [0.5, 0.6) is 0 Å². The topological polar surface area (TPSA) is 27.3 Å². The first-order valence-electron chi connectivity index (χ1n) is 4.30. The number of hydrogen-bond donors (Lipinski definition) is 2. The van der Waals surface area contributed by atoms with Gasteiger partial charge in [0, 0.05) is 26.7 Å². The maximum Gasteiger partial charge on any atom is 0.118 e. The average Bonchev–Trinajstić information content (AvgIpc) is 2.06. The summed E-state index contributed by atoms with van der Waals surface area (Å²) in [5, 5.41) is 6.76. The molecule has 0 radical (unpaired) electrons. The fraction of sp³-hybridized carbons (Fsp3) is 0.750. The van der Waals surface area contributed by atoms with E-state index in [4.69, 9.17) is 0 Å². The van der Waals surface area contributed by atoms with Crippen LogP contribution in [0, 0.1) is 0 Å². The smallest absolute Gasteiger partial charge is 0.118 e. The lowest BCUT2D eigenvalue weighted by molar-refractivity contribution is 0.337. The molecule has 0 saturated heterocycles. The molecule has 0 amide bonds. The summed E-state index contributed by atoms with van der Waals surface area (Å²) in [6.45, 7) is 3.34. The van der Waals surface area contributed by atoms with Gasteiger partial charge in [-0.05, 0) is 12.8 Å². The molecule has 0 fully saturated rings. The van der Waals surface area contributed by atoms with E-state index in [-0.39, 0.29) is 0 Å². The molecular weight excluding hydrogens is 138 g/mol. The summed E-state index contributed by atoms with van der Waals surface area (Å²) in [6, 6.07) is 0. The highest BCUT2D eigenvalue weighted by Crippen LogP contribution is 2.17. The van der Waals surface area contributed by atoms with Gasteiger partial charge in [0.1, 0.15) is 5.82 Å². The molecule has 0 aromatic carbocycles. The number of rotatable bonds is 0. The van der Waals surface area contributed by atoms with Crippen LogP contribution in [0.25, 0.3) is 0 Å². The molecular formula is C8H15N3. The molecule has 0 aliphatic carbocycles. The maximum absolute atomic E-state index is 3.38. The summed E-state index contributed by atoms with van der Waals surface area (Å²) < 4.78 is 0. The molecule has 2 rings (SSSR count). The number of likely N-dealkylation sites (N-methyl/N-ethyl adjacent to an activating group) is 1. The zero-order valence-corrected chi connectivity index (χ0v) is 6.98. The lowest BCUT2D eigenvalue weighted by atomic mass is 10.1. The molecule has 0 spiro atoms. The third-order valence-corrected chi connectivity index (χ3v) is 2.39. The Morgan fingerprint density at radius 2 is 2.09 bits per heavy atom. The van der Waals surface area contributed by atoms with Crippen molar-refractivity contribution in [3.05, 3.63) is 11.5 Å². The third-order valence-electron chi connectivity index (χ3n) is 2.39. The summed E-state index contributed by atoms with van der Waals surface area (Å²) in [5.74, 6) is 1.27. The molecule has 2 aliphatic heterocycles. The Morgan fingerprint density at radius 1 is 1.27 bits per heavy atom. The maximum atomic E-state index is 3.38. The molecule has 3 nitrogen and oxygen atoms in total. The van der Waals surface area contributed by atoms with Crippen molar-refractivity contribution in [1.82, 2.24) is 15.5 Å². The van der Waals surface area contributed by atoms with Crippen molar-refractivity contribution < 1.29 is 0 Å². The van der Waals surface area contributed by atoms with Gasteiger partial charge < -0.3 is 15.5 Å². The molecule has 2 heterocycles. The molecule has 2 N–H and O–H groups in total. The lowest BCUT2D eigenvalue weighted by Crippen LogP contribution is -2.44. The SMILES string of the molecule is CN1CCNC2=C1CCCN2. The predicted octanol–water partition coefficient (Wildman–Crippen LogP) is 0.0739. The van der Waals surface area contributed by atoms with Crippen LogP contribution in [-0.4, -0.2) is 31.6 Å². The van der Waals surface area contributed by atoms with Crippen molar-refractivity contribution in [2.45, 2.75) is 12.8 Å². The molecule has 62 valence electrons. The number of hydrogen-bond acceptors (Lipinski definition) is 3. The molecule has 0 unspecified atom stereocenters. The summed E-state index contributed by atoms with van der Waals surface area (Å²) in [4.78, 5) is 2.35. The van der Waals surface area contributed by atoms with E-state index in [1.165, 1.54) is 24.4 Å². The van der Waals surface area contributed by atoms with E-state index < -0.39 is 0 Å². The van der Waals surface area contributed by atoms with Crippen LogP contribution in [0.2, 0.25) is 0 Å². The highest BCUT2D eigenvalue weighted by molar-refractivity contribution is 5.15. The van der Waals surface area contributed by atoms with Crippen LogP contribution >= 0.6 is 0 Å². The third kappa shape index (κ3) is 1.15. The molecule has 0 aromatic rings. The van der Waals surface area contributed by atoms with Crippen molar-refractivity contribution >= 4 is 0 Å². The highest BCUT2D eigenvalue weighted by atomic mass is 15.2. The molecule has 11 heavy (non-hydrogen) atoms. The van der Waals surface area contributed by atoms with Gasteiger partial charge >= 0.3 is 0 Å². The van der Waals surface area contributed by atoms with E-state index in [9.17, 15) is 0 Å². The Labute approximate surface area is 67.5 Å². The molecule has 0 aromatic heterocycles. The first kappa shape index (κ1) is 6.83. The Morgan fingerprint density at radius 3 is 2.91 bits per heavy atom. The van der Waals surface area contributed by atoms with Crippen LogP contribution in [-0.2, 0) is 0 Å². The number of nitrogens with one attached hydrogen (secondary N) is 2. The second-order valence-electron chi connectivity index (χ2n) is 3.20. The molecule has 0 bridgehead atoms. The summed E-state index contributed by atoms with van der Waals surface area (Å²) in [5.41, 5.74) is 1.46. The van der Waals surface area contributed by atoms with Crippen LogP contribution in [0.1, 0.15) is 12.8 Å². The van der Waals surface area contributed by atoms with E-state index in [1.807, 2.05) is 0 Å². The van der Waals surface area contributed by atoms with E-state index >= 15 is 0 Å². The minimum atomic E-state index is 1.07. The van der Waals surface area contributed by atoms with E-state index in [2.05, 4.69) is 22.6 Å². The first-order chi connectivity index (χ1) is 5.38. The minimum Gasteiger partial charge on any atom is -0.373 e. The quantitative estimate of drug-likeness (QED) is 0.516. The fourth-order valence-corrected chi connectivity index (χ4v) is 1.73. The molecule has 0 saturated carbocycles. The zero-order valence-electron chi connectivity index (χ0n) is 6.98. The minimum absolute atomic E-state index is 1.07. The van der Waals surface area contributed by atoms with Gasteiger partial charge in [-0.25, -0.2) is 0 Å². The second-order valence-corrected chi connectivity index (χ2v) is 3.20. The van der Waals surface area contributed by atoms with Crippen molar-refractivity contribution in [3.63, 3.8) is 0 Å². The Bertz CT molecular complexity index is 182. The standard InChI is InChI=1S/C8H15N3/c1-11-6-5-10-8-7(11)3-2-4-9-8/h9-10H,2-6H2,1H3. The van der Waals surface area contributed by atoms with Gasteiger partial charge in [-0.3, -0.25) is 0 Å². The van der Waals surface area contributed by atoms with E-state index in [0.717, 1.165) is 19.6 Å². The lowest BCUT2D eigenvalue weighted by Gasteiger charge is -2.34. The van der Waals surface area contributed by atoms with Crippen molar-refractivity contribution in [3.8, 4) is 0 Å². The second kappa shape index (κ2) is 2.64. The largest absolute Gasteiger partial charge is 0.373 e. The van der Waals surface area contributed by atoms with Crippen LogP contribution < -0.4 is 10.6 Å². The highest BCUT2D eigenvalue weighted by Gasteiger charge is 2.18. The van der Waals surface area contributed by atoms with Gasteiger partial charge in [0.05, 0.1) is 5.70 Å². The fourth-order valence-electron chi connectivity index (χ4n) is 1.73. The summed E-state index contributed by atoms with van der Waals surface area (Å²) in [6.07, 6.45) is 2.50. The van der Waals surface area contributed by atoms with E-state index in [1.54, 1.807) is 0 Å². The normalized spacial score (nSPS) is 23.9. The van der Waals surface area contributed by atoms with Gasteiger partial charge in [-0.1, -0.05) is 0 Å². The molecule has 2 aliphatic rings. The number of allylic oxidation sites excluding steroid dienone is 1. The Kier molecular flexibility index (Phi) is 1.64. The predicted molar refractivity (Wildman–Crippen MR) is 44.9 cm³/mol. The van der Waals surface area contributed by atoms with Gasteiger partial charge in [0.15, 0.2) is 0 Å². The zero-order chi connectivity index (χ0) is 7.68. The van der Waals surface area contributed by atoms with Crippen molar-refractivity contribution in [2.75, 3.05) is 26.7 Å². The van der Waals surface area contributed by atoms with Gasteiger partial charge in [0.2, 0.25) is 0 Å². The monoisotopic (exact) mass is 153 g/mol. The average molecular weight is 153 g/mol. The first-order valence-corrected chi connectivity index (χ1v) is 4.30.